The van der Waals surface area contributed by atoms with Gasteiger partial charge in [0.1, 0.15) is 0 Å². The molecule has 0 fully saturated rings. The molecule has 11 heavy (non-hydrogen) atoms. The van der Waals surface area contributed by atoms with E-state index in [4.69, 9.17) is 5.73 Å². The van der Waals surface area contributed by atoms with E-state index in [-0.39, 0.29) is 12.5 Å². The average molecular weight is 160 g/mol. The van der Waals surface area contributed by atoms with Gasteiger partial charge >= 0.3 is 5.97 Å². The Balaban J connectivity index is 3.04. The number of rotatable bonds is 6. The molecule has 0 aliphatic carbocycles. The van der Waals surface area contributed by atoms with Crippen molar-refractivity contribution in [2.45, 2.75) is 13.3 Å². The van der Waals surface area contributed by atoms with Gasteiger partial charge in [-0.3, -0.25) is 4.79 Å². The lowest BCUT2D eigenvalue weighted by atomic mass is 10.4. The van der Waals surface area contributed by atoms with Crippen LogP contribution in [0.2, 0.25) is 0 Å². The first-order valence-electron chi connectivity index (χ1n) is 3.87. The van der Waals surface area contributed by atoms with E-state index in [0.717, 1.165) is 13.0 Å². The van der Waals surface area contributed by atoms with Crippen molar-refractivity contribution in [2.24, 2.45) is 5.73 Å². The summed E-state index contributed by atoms with van der Waals surface area (Å²) in [7, 11) is 0. The maximum absolute atomic E-state index is 10.7. The minimum absolute atomic E-state index is 0.204. The summed E-state index contributed by atoms with van der Waals surface area (Å²) >= 11 is 0. The summed E-state index contributed by atoms with van der Waals surface area (Å²) in [4.78, 5) is 10.7. The molecule has 0 amide bonds. The Morgan fingerprint density at radius 3 is 2.91 bits per heavy atom. The number of nitrogens with one attached hydrogen (secondary N) is 1. The molecule has 0 radical (unpaired) electrons. The van der Waals surface area contributed by atoms with Crippen molar-refractivity contribution in [3.63, 3.8) is 0 Å². The van der Waals surface area contributed by atoms with Crippen LogP contribution >= 0.6 is 0 Å². The molecule has 0 saturated carbocycles. The van der Waals surface area contributed by atoms with Crippen LogP contribution in [0.4, 0.5) is 0 Å². The SMILES string of the molecule is CCOC(=O)CNCCCN. The van der Waals surface area contributed by atoms with Crippen molar-refractivity contribution in [1.82, 2.24) is 5.32 Å². The molecule has 0 aromatic rings. The molecule has 0 heterocycles. The monoisotopic (exact) mass is 160 g/mol. The first-order valence-corrected chi connectivity index (χ1v) is 3.87. The summed E-state index contributed by atoms with van der Waals surface area (Å²) < 4.78 is 4.69. The Bertz CT molecular complexity index is 107. The molecule has 0 aliphatic rings. The predicted octanol–water partition coefficient (Wildman–Crippen LogP) is -0.512. The highest BCUT2D eigenvalue weighted by Gasteiger charge is 1.97. The van der Waals surface area contributed by atoms with Gasteiger partial charge in [-0.25, -0.2) is 0 Å². The van der Waals surface area contributed by atoms with Crippen LogP contribution in [0.3, 0.4) is 0 Å². The molecule has 4 heteroatoms. The highest BCUT2D eigenvalue weighted by Crippen LogP contribution is 1.75. The second-order valence-corrected chi connectivity index (χ2v) is 2.12. The van der Waals surface area contributed by atoms with Crippen molar-refractivity contribution in [3.8, 4) is 0 Å². The van der Waals surface area contributed by atoms with E-state index in [1.807, 2.05) is 0 Å². The first-order chi connectivity index (χ1) is 5.31. The van der Waals surface area contributed by atoms with Gasteiger partial charge in [-0.1, -0.05) is 0 Å². The van der Waals surface area contributed by atoms with Gasteiger partial charge in [-0.05, 0) is 26.4 Å². The summed E-state index contributed by atoms with van der Waals surface area (Å²) in [6, 6.07) is 0. The molecule has 0 aliphatic heterocycles. The maximum Gasteiger partial charge on any atom is 0.319 e. The van der Waals surface area contributed by atoms with Crippen molar-refractivity contribution >= 4 is 5.97 Å². The van der Waals surface area contributed by atoms with Crippen molar-refractivity contribution in [2.75, 3.05) is 26.2 Å². The van der Waals surface area contributed by atoms with E-state index in [1.165, 1.54) is 0 Å². The van der Waals surface area contributed by atoms with Crippen molar-refractivity contribution in [3.05, 3.63) is 0 Å². The molecule has 0 aromatic carbocycles. The molecule has 4 nitrogen and oxygen atoms in total. The first kappa shape index (κ1) is 10.4. The molecule has 0 spiro atoms. The smallest absolute Gasteiger partial charge is 0.319 e. The maximum atomic E-state index is 10.7. The molecule has 0 rings (SSSR count). The summed E-state index contributed by atoms with van der Waals surface area (Å²) in [5.41, 5.74) is 5.25. The highest BCUT2D eigenvalue weighted by molar-refractivity contribution is 5.71. The topological polar surface area (TPSA) is 64.3 Å². The van der Waals surface area contributed by atoms with Crippen LogP contribution < -0.4 is 11.1 Å². The predicted molar refractivity (Wildman–Crippen MR) is 43.2 cm³/mol. The van der Waals surface area contributed by atoms with E-state index in [0.29, 0.717) is 13.2 Å². The standard InChI is InChI=1S/C7H16N2O2/c1-2-11-7(10)6-9-5-3-4-8/h9H,2-6,8H2,1H3. The number of carbonyl (C=O) groups is 1. The molecule has 0 bridgehead atoms. The second kappa shape index (κ2) is 7.50. The Morgan fingerprint density at radius 2 is 2.36 bits per heavy atom. The lowest BCUT2D eigenvalue weighted by Crippen LogP contribution is -2.26. The third kappa shape index (κ3) is 7.29. The molecular weight excluding hydrogens is 144 g/mol. The van der Waals surface area contributed by atoms with Gasteiger partial charge in [-0.15, -0.1) is 0 Å². The van der Waals surface area contributed by atoms with E-state index < -0.39 is 0 Å². The van der Waals surface area contributed by atoms with Gasteiger partial charge in [0.25, 0.3) is 0 Å². The largest absolute Gasteiger partial charge is 0.465 e. The number of hydrogen-bond acceptors (Lipinski definition) is 4. The van der Waals surface area contributed by atoms with E-state index in [9.17, 15) is 4.79 Å². The lowest BCUT2D eigenvalue weighted by molar-refractivity contribution is -0.141. The zero-order valence-corrected chi connectivity index (χ0v) is 6.93. The van der Waals surface area contributed by atoms with Crippen LogP contribution in [0.5, 0.6) is 0 Å². The molecule has 0 aromatic heterocycles. The fraction of sp³-hybridized carbons (Fsp3) is 0.857. The third-order valence-corrected chi connectivity index (χ3v) is 1.13. The van der Waals surface area contributed by atoms with Crippen LogP contribution in [0.15, 0.2) is 0 Å². The fourth-order valence-electron chi connectivity index (χ4n) is 0.630. The van der Waals surface area contributed by atoms with Crippen LogP contribution in [-0.4, -0.2) is 32.2 Å². The van der Waals surface area contributed by atoms with Gasteiger partial charge in [-0.2, -0.15) is 0 Å². The third-order valence-electron chi connectivity index (χ3n) is 1.13. The Labute approximate surface area is 67.1 Å². The van der Waals surface area contributed by atoms with E-state index >= 15 is 0 Å². The van der Waals surface area contributed by atoms with Crippen LogP contribution in [0, 0.1) is 0 Å². The van der Waals surface area contributed by atoms with Crippen LogP contribution in [0.1, 0.15) is 13.3 Å². The van der Waals surface area contributed by atoms with Gasteiger partial charge in [0.05, 0.1) is 13.2 Å². The molecule has 0 atom stereocenters. The van der Waals surface area contributed by atoms with Gasteiger partial charge in [0, 0.05) is 0 Å². The number of nitrogens with two attached hydrogens (primary N) is 1. The zero-order valence-electron chi connectivity index (χ0n) is 6.93. The number of esters is 1. The normalized spacial score (nSPS) is 9.64. The summed E-state index contributed by atoms with van der Waals surface area (Å²) in [6.07, 6.45) is 0.888. The second-order valence-electron chi connectivity index (χ2n) is 2.12. The molecule has 0 unspecified atom stereocenters. The lowest BCUT2D eigenvalue weighted by Gasteiger charge is -2.02. The minimum atomic E-state index is -0.204. The quantitative estimate of drug-likeness (QED) is 0.405. The van der Waals surface area contributed by atoms with E-state index in [1.54, 1.807) is 6.92 Å². The molecule has 66 valence electrons. The summed E-state index contributed by atoms with van der Waals surface area (Å²) in [5.74, 6) is -0.204. The molecule has 3 N–H and O–H groups in total. The Kier molecular flexibility index (Phi) is 7.08. The van der Waals surface area contributed by atoms with E-state index in [2.05, 4.69) is 10.1 Å². The van der Waals surface area contributed by atoms with Crippen molar-refractivity contribution < 1.29 is 9.53 Å². The zero-order chi connectivity index (χ0) is 8.53. The van der Waals surface area contributed by atoms with Crippen LogP contribution in [0.25, 0.3) is 0 Å². The molecule has 0 saturated heterocycles. The molecular formula is C7H16N2O2. The van der Waals surface area contributed by atoms with Gasteiger partial charge < -0.3 is 15.8 Å². The van der Waals surface area contributed by atoms with Gasteiger partial charge in [0.15, 0.2) is 0 Å². The Hall–Kier alpha value is -0.610. The number of hydrogen-bond donors (Lipinski definition) is 2. The number of carbonyl (C=O) groups excluding carboxylic acids is 1. The number of ether oxygens (including phenoxy) is 1. The summed E-state index contributed by atoms with van der Waals surface area (Å²) in [6.45, 7) is 3.94. The van der Waals surface area contributed by atoms with Gasteiger partial charge in [0.2, 0.25) is 0 Å². The Morgan fingerprint density at radius 1 is 1.64 bits per heavy atom. The average Bonchev–Trinajstić information content (AvgIpc) is 1.99. The highest BCUT2D eigenvalue weighted by atomic mass is 16.5. The van der Waals surface area contributed by atoms with Crippen LogP contribution in [-0.2, 0) is 9.53 Å². The minimum Gasteiger partial charge on any atom is -0.465 e. The summed E-state index contributed by atoms with van der Waals surface area (Å²) in [5, 5.41) is 2.92. The fourth-order valence-corrected chi connectivity index (χ4v) is 0.630. The van der Waals surface area contributed by atoms with Crippen molar-refractivity contribution in [1.29, 1.82) is 0 Å².